The number of benzene rings is 1. The van der Waals surface area contributed by atoms with E-state index in [-0.39, 0.29) is 0 Å². The number of nitrogens with one attached hydrogen (secondary N) is 1. The maximum Gasteiger partial charge on any atom is 0.320 e. The second kappa shape index (κ2) is 6.40. The Labute approximate surface area is 119 Å². The van der Waals surface area contributed by atoms with Crippen molar-refractivity contribution < 1.29 is 9.90 Å². The van der Waals surface area contributed by atoms with Crippen molar-refractivity contribution in [3.05, 3.63) is 34.9 Å². The minimum atomic E-state index is -0.780. The van der Waals surface area contributed by atoms with E-state index in [2.05, 4.69) is 17.4 Å². The van der Waals surface area contributed by atoms with Gasteiger partial charge in [-0.25, -0.2) is 0 Å². The summed E-state index contributed by atoms with van der Waals surface area (Å²) in [5.41, 5.74) is 1.27. The molecule has 2 rings (SSSR count). The molecule has 1 fully saturated rings. The summed E-state index contributed by atoms with van der Waals surface area (Å²) in [7, 11) is 0. The Morgan fingerprint density at radius 2 is 2.11 bits per heavy atom. The van der Waals surface area contributed by atoms with Crippen LogP contribution in [0.4, 0.5) is 0 Å². The fourth-order valence-electron chi connectivity index (χ4n) is 2.82. The van der Waals surface area contributed by atoms with Gasteiger partial charge in [0.1, 0.15) is 6.04 Å². The molecule has 0 bridgehead atoms. The van der Waals surface area contributed by atoms with Crippen LogP contribution in [-0.4, -0.2) is 23.2 Å². The molecule has 1 aromatic carbocycles. The van der Waals surface area contributed by atoms with Crippen LogP contribution in [0.15, 0.2) is 24.3 Å². The molecule has 4 heteroatoms. The van der Waals surface area contributed by atoms with Crippen LogP contribution in [0.3, 0.4) is 0 Å². The van der Waals surface area contributed by atoms with E-state index in [1.165, 1.54) is 12.0 Å². The topological polar surface area (TPSA) is 49.3 Å². The zero-order valence-corrected chi connectivity index (χ0v) is 11.9. The summed E-state index contributed by atoms with van der Waals surface area (Å²) < 4.78 is 0. The maximum atomic E-state index is 10.9. The highest BCUT2D eigenvalue weighted by molar-refractivity contribution is 6.30. The van der Waals surface area contributed by atoms with E-state index in [0.717, 1.165) is 24.3 Å². The SMILES string of the molecule is C[C@H](NC1CCCC1Cc1ccc(Cl)cc1)C(=O)O. The molecule has 104 valence electrons. The predicted molar refractivity (Wildman–Crippen MR) is 76.5 cm³/mol. The van der Waals surface area contributed by atoms with Crippen LogP contribution in [-0.2, 0) is 11.2 Å². The number of aliphatic carboxylic acids is 1. The molecule has 1 aliphatic rings. The molecule has 3 atom stereocenters. The first kappa shape index (κ1) is 14.4. The van der Waals surface area contributed by atoms with E-state index in [4.69, 9.17) is 16.7 Å². The van der Waals surface area contributed by atoms with Crippen molar-refractivity contribution in [3.63, 3.8) is 0 Å². The molecule has 0 saturated heterocycles. The van der Waals surface area contributed by atoms with Gasteiger partial charge in [0, 0.05) is 11.1 Å². The van der Waals surface area contributed by atoms with Crippen LogP contribution in [0.1, 0.15) is 31.7 Å². The van der Waals surface area contributed by atoms with Crippen molar-refractivity contribution in [1.82, 2.24) is 5.32 Å². The van der Waals surface area contributed by atoms with Gasteiger partial charge in [-0.05, 0) is 49.8 Å². The van der Waals surface area contributed by atoms with Gasteiger partial charge in [0.15, 0.2) is 0 Å². The monoisotopic (exact) mass is 281 g/mol. The summed E-state index contributed by atoms with van der Waals surface area (Å²) in [6, 6.07) is 7.76. The summed E-state index contributed by atoms with van der Waals surface area (Å²) in [4.78, 5) is 10.9. The Hall–Kier alpha value is -1.06. The lowest BCUT2D eigenvalue weighted by Crippen LogP contribution is -2.43. The van der Waals surface area contributed by atoms with Crippen LogP contribution in [0.5, 0.6) is 0 Å². The maximum absolute atomic E-state index is 10.9. The molecule has 0 amide bonds. The summed E-state index contributed by atoms with van der Waals surface area (Å²) in [5, 5.41) is 13.0. The normalized spacial score (nSPS) is 24.3. The summed E-state index contributed by atoms with van der Waals surface area (Å²) >= 11 is 5.88. The lowest BCUT2D eigenvalue weighted by molar-refractivity contribution is -0.139. The van der Waals surface area contributed by atoms with Crippen molar-refractivity contribution in [2.45, 2.75) is 44.7 Å². The van der Waals surface area contributed by atoms with E-state index >= 15 is 0 Å². The predicted octanol–water partition coefficient (Wildman–Crippen LogP) is 3.11. The highest BCUT2D eigenvalue weighted by Gasteiger charge is 2.29. The number of carbonyl (C=O) groups is 1. The molecular weight excluding hydrogens is 262 g/mol. The van der Waals surface area contributed by atoms with Crippen molar-refractivity contribution in [3.8, 4) is 0 Å². The highest BCUT2D eigenvalue weighted by Crippen LogP contribution is 2.29. The van der Waals surface area contributed by atoms with Gasteiger partial charge in [-0.3, -0.25) is 4.79 Å². The molecule has 2 N–H and O–H groups in total. The van der Waals surface area contributed by atoms with Gasteiger partial charge >= 0.3 is 5.97 Å². The van der Waals surface area contributed by atoms with Crippen molar-refractivity contribution in [2.75, 3.05) is 0 Å². The van der Waals surface area contributed by atoms with Gasteiger partial charge in [0.25, 0.3) is 0 Å². The Morgan fingerprint density at radius 3 is 2.74 bits per heavy atom. The van der Waals surface area contributed by atoms with Gasteiger partial charge in [0.2, 0.25) is 0 Å². The number of carboxylic acid groups (broad SMARTS) is 1. The van der Waals surface area contributed by atoms with Crippen LogP contribution in [0, 0.1) is 5.92 Å². The Balaban J connectivity index is 1.95. The molecule has 1 aliphatic carbocycles. The van der Waals surface area contributed by atoms with E-state index in [9.17, 15) is 4.79 Å². The van der Waals surface area contributed by atoms with E-state index < -0.39 is 12.0 Å². The number of carboxylic acids is 1. The van der Waals surface area contributed by atoms with Gasteiger partial charge in [-0.15, -0.1) is 0 Å². The number of halogens is 1. The zero-order valence-electron chi connectivity index (χ0n) is 11.1. The van der Waals surface area contributed by atoms with Gasteiger partial charge < -0.3 is 10.4 Å². The molecule has 1 aromatic rings. The van der Waals surface area contributed by atoms with Gasteiger partial charge in [-0.2, -0.15) is 0 Å². The lowest BCUT2D eigenvalue weighted by atomic mass is 9.94. The number of rotatable bonds is 5. The van der Waals surface area contributed by atoms with Crippen LogP contribution < -0.4 is 5.32 Å². The molecule has 0 radical (unpaired) electrons. The lowest BCUT2D eigenvalue weighted by Gasteiger charge is -2.23. The van der Waals surface area contributed by atoms with Crippen LogP contribution >= 0.6 is 11.6 Å². The van der Waals surface area contributed by atoms with E-state index in [0.29, 0.717) is 12.0 Å². The third-order valence-corrected chi connectivity index (χ3v) is 4.16. The van der Waals surface area contributed by atoms with Crippen LogP contribution in [0.2, 0.25) is 5.02 Å². The fourth-order valence-corrected chi connectivity index (χ4v) is 2.94. The first-order chi connectivity index (χ1) is 9.06. The largest absolute Gasteiger partial charge is 0.480 e. The molecule has 0 spiro atoms. The summed E-state index contributed by atoms with van der Waals surface area (Å²) in [6.07, 6.45) is 4.38. The zero-order chi connectivity index (χ0) is 13.8. The molecule has 0 heterocycles. The average molecular weight is 282 g/mol. The standard InChI is InChI=1S/C15H20ClNO2/c1-10(15(18)19)17-14-4-2-3-12(14)9-11-5-7-13(16)8-6-11/h5-8,10,12,14,17H,2-4,9H2,1H3,(H,18,19)/t10-,12?,14?/m0/s1. The average Bonchev–Trinajstić information content (AvgIpc) is 2.79. The molecular formula is C15H20ClNO2. The van der Waals surface area contributed by atoms with Crippen LogP contribution in [0.25, 0.3) is 0 Å². The second-order valence-corrected chi connectivity index (χ2v) is 5.79. The molecule has 1 saturated carbocycles. The second-order valence-electron chi connectivity index (χ2n) is 5.35. The Kier molecular flexibility index (Phi) is 4.83. The first-order valence-corrected chi connectivity index (χ1v) is 7.17. The third kappa shape index (κ3) is 3.95. The molecule has 0 aliphatic heterocycles. The van der Waals surface area contributed by atoms with Gasteiger partial charge in [-0.1, -0.05) is 30.2 Å². The summed E-state index contributed by atoms with van der Waals surface area (Å²) in [5.74, 6) is -0.264. The van der Waals surface area contributed by atoms with Crippen molar-refractivity contribution in [2.24, 2.45) is 5.92 Å². The van der Waals surface area contributed by atoms with E-state index in [1.54, 1.807) is 6.92 Å². The van der Waals surface area contributed by atoms with E-state index in [1.807, 2.05) is 12.1 Å². The smallest absolute Gasteiger partial charge is 0.320 e. The number of hydrogen-bond donors (Lipinski definition) is 2. The minimum absolute atomic E-state index is 0.307. The van der Waals surface area contributed by atoms with Gasteiger partial charge in [0.05, 0.1) is 0 Å². The molecule has 2 unspecified atom stereocenters. The Morgan fingerprint density at radius 1 is 1.42 bits per heavy atom. The first-order valence-electron chi connectivity index (χ1n) is 6.79. The highest BCUT2D eigenvalue weighted by atomic mass is 35.5. The minimum Gasteiger partial charge on any atom is -0.480 e. The fraction of sp³-hybridized carbons (Fsp3) is 0.533. The van der Waals surface area contributed by atoms with Crippen molar-refractivity contribution >= 4 is 17.6 Å². The third-order valence-electron chi connectivity index (χ3n) is 3.90. The molecule has 3 nitrogen and oxygen atoms in total. The molecule has 19 heavy (non-hydrogen) atoms. The number of hydrogen-bond acceptors (Lipinski definition) is 2. The summed E-state index contributed by atoms with van der Waals surface area (Å²) in [6.45, 7) is 1.71. The molecule has 0 aromatic heterocycles. The quantitative estimate of drug-likeness (QED) is 0.872. The Bertz CT molecular complexity index is 432. The van der Waals surface area contributed by atoms with Crippen molar-refractivity contribution in [1.29, 1.82) is 0 Å².